The maximum atomic E-state index is 13.1. The molecule has 2 aromatic carbocycles. The zero-order valence-electron chi connectivity index (χ0n) is 17.0. The van der Waals surface area contributed by atoms with Gasteiger partial charge in [0.2, 0.25) is 0 Å². The molecule has 0 spiro atoms. The molecule has 1 N–H and O–H groups in total. The molecule has 3 heterocycles. The van der Waals surface area contributed by atoms with Gasteiger partial charge in [-0.3, -0.25) is 9.78 Å². The van der Waals surface area contributed by atoms with E-state index in [1.807, 2.05) is 24.3 Å². The molecule has 0 unspecified atom stereocenters. The van der Waals surface area contributed by atoms with Crippen LogP contribution in [0.15, 0.2) is 54.7 Å². The summed E-state index contributed by atoms with van der Waals surface area (Å²) in [5, 5.41) is 3.73. The standard InChI is InChI=1S/C25H26FN3O/c26-13-21-3-1-2-20-12-22(14-27-24(20)21)28-25(30)19-8-10-23(11-9-19)29-15-17-4-5-18(16-29)7-6-17/h1-3,8-12,14,17-18H,4-7,13,15-16H2,(H,28,30). The van der Waals surface area contributed by atoms with Gasteiger partial charge in [0.15, 0.2) is 0 Å². The Bertz CT molecular complexity index is 1040. The molecular weight excluding hydrogens is 377 g/mol. The Labute approximate surface area is 176 Å². The van der Waals surface area contributed by atoms with Gasteiger partial charge in [-0.15, -0.1) is 0 Å². The number of nitrogens with one attached hydrogen (secondary N) is 1. The highest BCUT2D eigenvalue weighted by Gasteiger charge is 2.29. The lowest BCUT2D eigenvalue weighted by atomic mass is 9.84. The van der Waals surface area contributed by atoms with Crippen LogP contribution < -0.4 is 10.2 Å². The Kier molecular flexibility index (Phi) is 5.11. The van der Waals surface area contributed by atoms with E-state index >= 15 is 0 Å². The smallest absolute Gasteiger partial charge is 0.255 e. The van der Waals surface area contributed by atoms with Gasteiger partial charge < -0.3 is 10.2 Å². The van der Waals surface area contributed by atoms with E-state index in [4.69, 9.17) is 0 Å². The van der Waals surface area contributed by atoms with Crippen molar-refractivity contribution in [3.63, 3.8) is 0 Å². The average Bonchev–Trinajstić information content (AvgIpc) is 3.12. The molecule has 154 valence electrons. The van der Waals surface area contributed by atoms with Crippen LogP contribution in [0.1, 0.15) is 41.6 Å². The first-order valence-electron chi connectivity index (χ1n) is 10.8. The number of carbonyl (C=O) groups excluding carboxylic acids is 1. The number of benzene rings is 2. The van der Waals surface area contributed by atoms with Crippen molar-refractivity contribution in [1.29, 1.82) is 0 Å². The number of carbonyl (C=O) groups is 1. The highest BCUT2D eigenvalue weighted by molar-refractivity contribution is 6.05. The van der Waals surface area contributed by atoms with E-state index in [-0.39, 0.29) is 5.91 Å². The van der Waals surface area contributed by atoms with Gasteiger partial charge >= 0.3 is 0 Å². The molecule has 1 aromatic heterocycles. The number of aromatic nitrogens is 1. The van der Waals surface area contributed by atoms with E-state index in [1.54, 1.807) is 18.3 Å². The summed E-state index contributed by atoms with van der Waals surface area (Å²) in [6.45, 7) is 1.71. The summed E-state index contributed by atoms with van der Waals surface area (Å²) in [6, 6.07) is 15.2. The first-order valence-corrected chi connectivity index (χ1v) is 10.8. The number of fused-ring (bicyclic) bond motifs is 5. The summed E-state index contributed by atoms with van der Waals surface area (Å²) in [5.41, 5.74) is 3.62. The molecule has 2 saturated heterocycles. The number of amides is 1. The highest BCUT2D eigenvalue weighted by atomic mass is 19.1. The monoisotopic (exact) mass is 403 g/mol. The number of hydrogen-bond acceptors (Lipinski definition) is 3. The van der Waals surface area contributed by atoms with Gasteiger partial charge in [-0.1, -0.05) is 18.2 Å². The number of para-hydroxylation sites is 1. The lowest BCUT2D eigenvalue weighted by Gasteiger charge is -2.25. The molecule has 1 aliphatic carbocycles. The third-order valence-corrected chi connectivity index (χ3v) is 6.61. The lowest BCUT2D eigenvalue weighted by molar-refractivity contribution is 0.102. The number of halogens is 1. The zero-order valence-corrected chi connectivity index (χ0v) is 17.0. The van der Waals surface area contributed by atoms with E-state index in [2.05, 4.69) is 27.3 Å². The highest BCUT2D eigenvalue weighted by Crippen LogP contribution is 2.35. The normalized spacial score (nSPS) is 20.9. The van der Waals surface area contributed by atoms with Gasteiger partial charge in [0.1, 0.15) is 6.67 Å². The Morgan fingerprint density at radius 2 is 1.73 bits per heavy atom. The zero-order chi connectivity index (χ0) is 20.5. The van der Waals surface area contributed by atoms with E-state index < -0.39 is 6.67 Å². The second kappa shape index (κ2) is 8.05. The van der Waals surface area contributed by atoms with Gasteiger partial charge in [0, 0.05) is 35.3 Å². The third-order valence-electron chi connectivity index (χ3n) is 6.61. The lowest BCUT2D eigenvalue weighted by Crippen LogP contribution is -2.28. The fourth-order valence-electron chi connectivity index (χ4n) is 4.93. The molecule has 30 heavy (non-hydrogen) atoms. The maximum absolute atomic E-state index is 13.1. The molecule has 3 fully saturated rings. The second-order valence-corrected chi connectivity index (χ2v) is 8.64. The van der Waals surface area contributed by atoms with Gasteiger partial charge in [0.05, 0.1) is 17.4 Å². The van der Waals surface area contributed by atoms with E-state index in [9.17, 15) is 9.18 Å². The van der Waals surface area contributed by atoms with Gasteiger partial charge in [0.25, 0.3) is 5.91 Å². The predicted molar refractivity (Wildman–Crippen MR) is 119 cm³/mol. The van der Waals surface area contributed by atoms with Crippen molar-refractivity contribution < 1.29 is 9.18 Å². The number of nitrogens with zero attached hydrogens (tertiary/aromatic N) is 2. The van der Waals surface area contributed by atoms with Crippen molar-refractivity contribution >= 4 is 28.2 Å². The minimum absolute atomic E-state index is 0.166. The van der Waals surface area contributed by atoms with E-state index in [1.165, 1.54) is 31.4 Å². The summed E-state index contributed by atoms with van der Waals surface area (Å²) in [5.74, 6) is 1.45. The Morgan fingerprint density at radius 3 is 2.40 bits per heavy atom. The Morgan fingerprint density at radius 1 is 1.03 bits per heavy atom. The summed E-state index contributed by atoms with van der Waals surface area (Å²) in [7, 11) is 0. The Balaban J connectivity index is 1.30. The molecular formula is C25H26FN3O. The summed E-state index contributed by atoms with van der Waals surface area (Å²) in [4.78, 5) is 19.6. The minimum atomic E-state index is -0.555. The number of anilines is 2. The predicted octanol–water partition coefficient (Wildman–Crippen LogP) is 5.58. The molecule has 0 radical (unpaired) electrons. The number of alkyl halides is 1. The first kappa shape index (κ1) is 19.0. The maximum Gasteiger partial charge on any atom is 0.255 e. The van der Waals surface area contributed by atoms with E-state index in [0.29, 0.717) is 22.3 Å². The molecule has 2 bridgehead atoms. The molecule has 3 aliphatic rings. The van der Waals surface area contributed by atoms with Crippen molar-refractivity contribution in [2.75, 3.05) is 23.3 Å². The quantitative estimate of drug-likeness (QED) is 0.618. The second-order valence-electron chi connectivity index (χ2n) is 8.64. The van der Waals surface area contributed by atoms with Crippen molar-refractivity contribution in [2.24, 2.45) is 11.8 Å². The van der Waals surface area contributed by atoms with E-state index in [0.717, 1.165) is 30.3 Å². The fourth-order valence-corrected chi connectivity index (χ4v) is 4.93. The molecule has 3 aromatic rings. The minimum Gasteiger partial charge on any atom is -0.371 e. The molecule has 2 aliphatic heterocycles. The van der Waals surface area contributed by atoms with Crippen molar-refractivity contribution in [2.45, 2.75) is 32.4 Å². The topological polar surface area (TPSA) is 45.2 Å². The fraction of sp³-hybridized carbons (Fsp3) is 0.360. The summed E-state index contributed by atoms with van der Waals surface area (Å²) >= 11 is 0. The van der Waals surface area contributed by atoms with Crippen LogP contribution in [0.25, 0.3) is 10.9 Å². The number of rotatable bonds is 4. The van der Waals surface area contributed by atoms with Crippen LogP contribution in [0.5, 0.6) is 0 Å². The summed E-state index contributed by atoms with van der Waals surface area (Å²) in [6.07, 6.45) is 7.01. The van der Waals surface area contributed by atoms with Crippen LogP contribution in [0, 0.1) is 11.8 Å². The SMILES string of the molecule is O=C(Nc1cnc2c(CF)cccc2c1)c1ccc(N2CC3CCC(CC3)C2)cc1. The summed E-state index contributed by atoms with van der Waals surface area (Å²) < 4.78 is 13.1. The Hall–Kier alpha value is -2.95. The van der Waals surface area contributed by atoms with Crippen LogP contribution in [0.4, 0.5) is 15.8 Å². The molecule has 1 amide bonds. The van der Waals surface area contributed by atoms with Crippen molar-refractivity contribution in [1.82, 2.24) is 4.98 Å². The van der Waals surface area contributed by atoms with Crippen molar-refractivity contribution in [3.05, 3.63) is 65.9 Å². The molecule has 1 saturated carbocycles. The molecule has 6 rings (SSSR count). The number of hydrogen-bond donors (Lipinski definition) is 1. The van der Waals surface area contributed by atoms with Crippen LogP contribution in [0.3, 0.4) is 0 Å². The molecule has 4 nitrogen and oxygen atoms in total. The van der Waals surface area contributed by atoms with Gasteiger partial charge in [-0.05, 0) is 67.9 Å². The molecule has 5 heteroatoms. The first-order chi connectivity index (χ1) is 14.7. The number of pyridine rings is 1. The average molecular weight is 404 g/mol. The van der Waals surface area contributed by atoms with Crippen molar-refractivity contribution in [3.8, 4) is 0 Å². The van der Waals surface area contributed by atoms with Gasteiger partial charge in [-0.2, -0.15) is 0 Å². The van der Waals surface area contributed by atoms with Crippen LogP contribution in [-0.2, 0) is 6.67 Å². The van der Waals surface area contributed by atoms with Gasteiger partial charge in [-0.25, -0.2) is 4.39 Å². The molecule has 0 atom stereocenters. The third kappa shape index (κ3) is 3.76. The van der Waals surface area contributed by atoms with Crippen LogP contribution >= 0.6 is 0 Å². The van der Waals surface area contributed by atoms with Crippen LogP contribution in [0.2, 0.25) is 0 Å². The van der Waals surface area contributed by atoms with Crippen LogP contribution in [-0.4, -0.2) is 24.0 Å². The largest absolute Gasteiger partial charge is 0.371 e.